The van der Waals surface area contributed by atoms with Crippen LogP contribution in [0.3, 0.4) is 0 Å². The summed E-state index contributed by atoms with van der Waals surface area (Å²) in [4.78, 5) is 2.53. The predicted molar refractivity (Wildman–Crippen MR) is 65.0 cm³/mol. The molecule has 0 bridgehead atoms. The van der Waals surface area contributed by atoms with E-state index in [1.165, 1.54) is 24.8 Å². The highest BCUT2D eigenvalue weighted by Gasteiger charge is 2.26. The summed E-state index contributed by atoms with van der Waals surface area (Å²) in [6.07, 6.45) is 7.92. The summed E-state index contributed by atoms with van der Waals surface area (Å²) in [6.45, 7) is 4.19. The molecule has 0 aliphatic carbocycles. The molecule has 1 aromatic rings. The zero-order chi connectivity index (χ0) is 11.5. The number of piperidine rings is 1. The maximum absolute atomic E-state index is 5.85. The first-order valence-corrected chi connectivity index (χ1v) is 6.16. The summed E-state index contributed by atoms with van der Waals surface area (Å²) >= 11 is 0. The van der Waals surface area contributed by atoms with Crippen LogP contribution in [0.5, 0.6) is 0 Å². The van der Waals surface area contributed by atoms with Crippen LogP contribution >= 0.6 is 0 Å². The van der Waals surface area contributed by atoms with Crippen molar-refractivity contribution < 1.29 is 0 Å². The molecule has 0 spiro atoms. The molecule has 2 atom stereocenters. The first-order chi connectivity index (χ1) is 7.72. The maximum Gasteiger partial charge on any atom is 0.0537 e. The molecule has 0 saturated carbocycles. The molecule has 90 valence electrons. The monoisotopic (exact) mass is 222 g/mol. The van der Waals surface area contributed by atoms with Crippen molar-refractivity contribution in [3.63, 3.8) is 0 Å². The molecular weight excluding hydrogens is 200 g/mol. The highest BCUT2D eigenvalue weighted by Crippen LogP contribution is 2.27. The van der Waals surface area contributed by atoms with E-state index < -0.39 is 0 Å². The van der Waals surface area contributed by atoms with Crippen LogP contribution in [0.25, 0.3) is 0 Å². The second-order valence-corrected chi connectivity index (χ2v) is 4.75. The summed E-state index contributed by atoms with van der Waals surface area (Å²) in [6, 6.07) is 0.978. The lowest BCUT2D eigenvalue weighted by Gasteiger charge is -2.39. The average molecular weight is 222 g/mol. The molecule has 0 amide bonds. The first kappa shape index (κ1) is 11.6. The van der Waals surface area contributed by atoms with Crippen molar-refractivity contribution in [2.24, 2.45) is 12.8 Å². The van der Waals surface area contributed by atoms with Crippen LogP contribution in [0.15, 0.2) is 12.4 Å². The van der Waals surface area contributed by atoms with Crippen molar-refractivity contribution in [3.8, 4) is 0 Å². The molecule has 16 heavy (non-hydrogen) atoms. The second-order valence-electron chi connectivity index (χ2n) is 4.75. The van der Waals surface area contributed by atoms with Gasteiger partial charge in [0.1, 0.15) is 0 Å². The number of aromatic nitrogens is 2. The van der Waals surface area contributed by atoms with E-state index in [9.17, 15) is 0 Å². The maximum atomic E-state index is 5.85. The third-order valence-corrected chi connectivity index (χ3v) is 3.65. The summed E-state index contributed by atoms with van der Waals surface area (Å²) < 4.78 is 1.87. The Hall–Kier alpha value is -0.870. The van der Waals surface area contributed by atoms with Gasteiger partial charge in [-0.3, -0.25) is 9.58 Å². The number of nitrogens with zero attached hydrogens (tertiary/aromatic N) is 3. The van der Waals surface area contributed by atoms with Crippen molar-refractivity contribution in [2.45, 2.75) is 38.3 Å². The fourth-order valence-electron chi connectivity index (χ4n) is 2.63. The Morgan fingerprint density at radius 2 is 2.38 bits per heavy atom. The molecule has 2 heterocycles. The molecule has 2 unspecified atom stereocenters. The third kappa shape index (κ3) is 2.28. The molecule has 2 rings (SSSR count). The Morgan fingerprint density at radius 3 is 3.00 bits per heavy atom. The normalized spacial score (nSPS) is 24.6. The van der Waals surface area contributed by atoms with Gasteiger partial charge in [-0.15, -0.1) is 0 Å². The topological polar surface area (TPSA) is 47.1 Å². The average Bonchev–Trinajstić information content (AvgIpc) is 2.75. The SMILES string of the molecule is CC(c1cnn(C)c1)N1CCCCC1CN. The van der Waals surface area contributed by atoms with Gasteiger partial charge < -0.3 is 5.73 Å². The number of hydrogen-bond donors (Lipinski definition) is 1. The molecule has 4 nitrogen and oxygen atoms in total. The van der Waals surface area contributed by atoms with Gasteiger partial charge in [0, 0.05) is 37.4 Å². The van der Waals surface area contributed by atoms with Crippen LogP contribution in [0.4, 0.5) is 0 Å². The smallest absolute Gasteiger partial charge is 0.0537 e. The first-order valence-electron chi connectivity index (χ1n) is 6.16. The number of likely N-dealkylation sites (tertiary alicyclic amines) is 1. The van der Waals surface area contributed by atoms with Crippen LogP contribution < -0.4 is 5.73 Å². The van der Waals surface area contributed by atoms with Crippen molar-refractivity contribution in [3.05, 3.63) is 18.0 Å². The predicted octanol–water partition coefficient (Wildman–Crippen LogP) is 1.29. The summed E-state index contributed by atoms with van der Waals surface area (Å²) in [5, 5.41) is 4.24. The van der Waals surface area contributed by atoms with Crippen molar-refractivity contribution in [1.82, 2.24) is 14.7 Å². The number of hydrogen-bond acceptors (Lipinski definition) is 3. The number of rotatable bonds is 3. The Morgan fingerprint density at radius 1 is 1.56 bits per heavy atom. The zero-order valence-electron chi connectivity index (χ0n) is 10.3. The Bertz CT molecular complexity index is 334. The van der Waals surface area contributed by atoms with Crippen LogP contribution in [-0.2, 0) is 7.05 Å². The highest BCUT2D eigenvalue weighted by molar-refractivity contribution is 5.10. The molecular formula is C12H22N4. The summed E-state index contributed by atoms with van der Waals surface area (Å²) in [7, 11) is 1.97. The number of aryl methyl sites for hydroxylation is 1. The van der Waals surface area contributed by atoms with E-state index in [4.69, 9.17) is 5.73 Å². The largest absolute Gasteiger partial charge is 0.329 e. The molecule has 1 aliphatic rings. The molecule has 1 saturated heterocycles. The van der Waals surface area contributed by atoms with E-state index in [0.717, 1.165) is 13.1 Å². The molecule has 2 N–H and O–H groups in total. The van der Waals surface area contributed by atoms with Gasteiger partial charge in [-0.05, 0) is 26.3 Å². The lowest BCUT2D eigenvalue weighted by molar-refractivity contribution is 0.108. The van der Waals surface area contributed by atoms with E-state index >= 15 is 0 Å². The van der Waals surface area contributed by atoms with Gasteiger partial charge in [-0.2, -0.15) is 5.10 Å². The Labute approximate surface area is 97.4 Å². The van der Waals surface area contributed by atoms with Gasteiger partial charge in [0.05, 0.1) is 6.20 Å². The van der Waals surface area contributed by atoms with Gasteiger partial charge >= 0.3 is 0 Å². The van der Waals surface area contributed by atoms with E-state index in [1.54, 1.807) is 0 Å². The van der Waals surface area contributed by atoms with E-state index in [2.05, 4.69) is 23.1 Å². The van der Waals surface area contributed by atoms with Crippen molar-refractivity contribution in [1.29, 1.82) is 0 Å². The Kier molecular flexibility index (Phi) is 3.61. The quantitative estimate of drug-likeness (QED) is 0.838. The van der Waals surface area contributed by atoms with Gasteiger partial charge in [0.15, 0.2) is 0 Å². The van der Waals surface area contributed by atoms with Gasteiger partial charge in [-0.25, -0.2) is 0 Å². The summed E-state index contributed by atoms with van der Waals surface area (Å²) in [5.74, 6) is 0. The fraction of sp³-hybridized carbons (Fsp3) is 0.750. The zero-order valence-corrected chi connectivity index (χ0v) is 10.3. The van der Waals surface area contributed by atoms with Crippen LogP contribution in [0.2, 0.25) is 0 Å². The molecule has 1 aliphatic heterocycles. The minimum Gasteiger partial charge on any atom is -0.329 e. The molecule has 0 radical (unpaired) electrons. The van der Waals surface area contributed by atoms with E-state index in [-0.39, 0.29) is 0 Å². The highest BCUT2D eigenvalue weighted by atomic mass is 15.3. The molecule has 0 aromatic carbocycles. The van der Waals surface area contributed by atoms with E-state index in [0.29, 0.717) is 12.1 Å². The summed E-state index contributed by atoms with van der Waals surface area (Å²) in [5.41, 5.74) is 7.15. The molecule has 4 heteroatoms. The van der Waals surface area contributed by atoms with Crippen LogP contribution in [0, 0.1) is 0 Å². The number of nitrogens with two attached hydrogens (primary N) is 1. The lowest BCUT2D eigenvalue weighted by Crippen LogP contribution is -2.45. The molecule has 1 aromatic heterocycles. The van der Waals surface area contributed by atoms with Gasteiger partial charge in [-0.1, -0.05) is 6.42 Å². The van der Waals surface area contributed by atoms with Crippen molar-refractivity contribution >= 4 is 0 Å². The lowest BCUT2D eigenvalue weighted by atomic mass is 9.98. The third-order valence-electron chi connectivity index (χ3n) is 3.65. The minimum atomic E-state index is 0.433. The van der Waals surface area contributed by atoms with E-state index in [1.807, 2.05) is 17.9 Å². The standard InChI is InChI=1S/C12H22N4/c1-10(11-8-14-15(2)9-11)16-6-4-3-5-12(16)7-13/h8-10,12H,3-7,13H2,1-2H3. The van der Waals surface area contributed by atoms with Crippen LogP contribution in [0.1, 0.15) is 37.8 Å². The Balaban J connectivity index is 2.10. The second kappa shape index (κ2) is 4.97. The van der Waals surface area contributed by atoms with Crippen molar-refractivity contribution in [2.75, 3.05) is 13.1 Å². The van der Waals surface area contributed by atoms with Gasteiger partial charge in [0.2, 0.25) is 0 Å². The van der Waals surface area contributed by atoms with Gasteiger partial charge in [0.25, 0.3) is 0 Å². The molecule has 1 fully saturated rings. The van der Waals surface area contributed by atoms with Crippen LogP contribution in [-0.4, -0.2) is 33.8 Å². The fourth-order valence-corrected chi connectivity index (χ4v) is 2.63. The minimum absolute atomic E-state index is 0.433.